The maximum atomic E-state index is 10.5. The van der Waals surface area contributed by atoms with E-state index in [4.69, 9.17) is 0 Å². The first kappa shape index (κ1) is 13.8. The summed E-state index contributed by atoms with van der Waals surface area (Å²) in [5.74, 6) is 0. The molecule has 0 heterocycles. The minimum Gasteiger partial charge on any atom is -0.265 e. The molecule has 6 heteroatoms. The molecule has 0 spiro atoms. The molecule has 0 aliphatic rings. The van der Waals surface area contributed by atoms with E-state index in [9.17, 15) is 20.2 Å². The van der Waals surface area contributed by atoms with E-state index in [2.05, 4.69) is 0 Å². The van der Waals surface area contributed by atoms with Gasteiger partial charge in [-0.05, 0) is 12.8 Å². The molecule has 15 heavy (non-hydrogen) atoms. The van der Waals surface area contributed by atoms with E-state index in [1.54, 1.807) is 6.92 Å². The molecule has 0 atom stereocenters. The average molecular weight is 218 g/mol. The summed E-state index contributed by atoms with van der Waals surface area (Å²) >= 11 is 0. The van der Waals surface area contributed by atoms with Crippen LogP contribution >= 0.6 is 0 Å². The van der Waals surface area contributed by atoms with Crippen molar-refractivity contribution in [1.29, 1.82) is 0 Å². The van der Waals surface area contributed by atoms with Crippen LogP contribution in [0.2, 0.25) is 0 Å². The van der Waals surface area contributed by atoms with Crippen molar-refractivity contribution in [3.05, 3.63) is 20.2 Å². The molecular weight excluding hydrogens is 200 g/mol. The van der Waals surface area contributed by atoms with Crippen molar-refractivity contribution in [2.24, 2.45) is 5.41 Å². The number of hydrogen-bond donors (Lipinski definition) is 0. The maximum Gasteiger partial charge on any atom is 0.215 e. The van der Waals surface area contributed by atoms with Gasteiger partial charge in [0.15, 0.2) is 0 Å². The Balaban J connectivity index is 4.58. The van der Waals surface area contributed by atoms with E-state index < -0.39 is 15.3 Å². The topological polar surface area (TPSA) is 86.3 Å². The normalized spacial score (nSPS) is 11.3. The zero-order valence-corrected chi connectivity index (χ0v) is 9.27. The van der Waals surface area contributed by atoms with Crippen LogP contribution in [0.3, 0.4) is 0 Å². The molecule has 0 aliphatic carbocycles. The molecule has 0 saturated heterocycles. The van der Waals surface area contributed by atoms with Crippen molar-refractivity contribution in [3.8, 4) is 0 Å². The van der Waals surface area contributed by atoms with Crippen molar-refractivity contribution >= 4 is 0 Å². The molecule has 0 amide bonds. The van der Waals surface area contributed by atoms with E-state index in [0.717, 1.165) is 12.8 Å². The van der Waals surface area contributed by atoms with Gasteiger partial charge in [-0.3, -0.25) is 20.2 Å². The molecule has 0 radical (unpaired) electrons. The van der Waals surface area contributed by atoms with Crippen LogP contribution < -0.4 is 0 Å². The second kappa shape index (κ2) is 6.31. The molecule has 0 aromatic heterocycles. The van der Waals surface area contributed by atoms with E-state index >= 15 is 0 Å². The number of nitrogens with zero attached hydrogens (tertiary/aromatic N) is 2. The lowest BCUT2D eigenvalue weighted by atomic mass is 9.80. The third-order valence-electron chi connectivity index (χ3n) is 2.74. The Morgan fingerprint density at radius 2 is 1.53 bits per heavy atom. The molecule has 0 N–H and O–H groups in total. The molecule has 0 aromatic rings. The molecular formula is C9H18N2O4. The minimum absolute atomic E-state index is 0.301. The molecule has 88 valence electrons. The van der Waals surface area contributed by atoms with Gasteiger partial charge in [-0.25, -0.2) is 0 Å². The van der Waals surface area contributed by atoms with Crippen molar-refractivity contribution in [2.75, 3.05) is 13.1 Å². The first-order valence-electron chi connectivity index (χ1n) is 5.19. The van der Waals surface area contributed by atoms with Gasteiger partial charge in [0.25, 0.3) is 0 Å². The Morgan fingerprint density at radius 1 is 1.07 bits per heavy atom. The largest absolute Gasteiger partial charge is 0.265 e. The van der Waals surface area contributed by atoms with E-state index in [1.165, 1.54) is 0 Å². The van der Waals surface area contributed by atoms with Crippen LogP contribution in [0.15, 0.2) is 0 Å². The van der Waals surface area contributed by atoms with Gasteiger partial charge in [-0.15, -0.1) is 0 Å². The lowest BCUT2D eigenvalue weighted by Gasteiger charge is -2.23. The molecule has 0 saturated carbocycles. The number of nitro groups is 2. The van der Waals surface area contributed by atoms with Gasteiger partial charge in [0.05, 0.1) is 5.41 Å². The molecule has 0 fully saturated rings. The molecule has 0 aliphatic heterocycles. The fraction of sp³-hybridized carbons (Fsp3) is 1.00. The van der Waals surface area contributed by atoms with Crippen LogP contribution in [-0.4, -0.2) is 22.9 Å². The Hall–Kier alpha value is -1.20. The Morgan fingerprint density at radius 3 is 1.80 bits per heavy atom. The van der Waals surface area contributed by atoms with E-state index in [-0.39, 0.29) is 13.1 Å². The maximum absolute atomic E-state index is 10.5. The number of hydrogen-bond acceptors (Lipinski definition) is 4. The average Bonchev–Trinajstić information content (AvgIpc) is 2.12. The summed E-state index contributed by atoms with van der Waals surface area (Å²) in [6, 6.07) is 0. The van der Waals surface area contributed by atoms with E-state index in [1.807, 2.05) is 6.92 Å². The van der Waals surface area contributed by atoms with Crippen molar-refractivity contribution in [1.82, 2.24) is 0 Å². The standard InChI is InChI=1S/C9H18N2O4/c1-3-5-6-9(4-2,7-10(12)13)8-11(14)15/h3-8H2,1-2H3. The van der Waals surface area contributed by atoms with Gasteiger partial charge < -0.3 is 0 Å². The van der Waals surface area contributed by atoms with Gasteiger partial charge in [0.1, 0.15) is 0 Å². The molecule has 0 rings (SSSR count). The predicted octanol–water partition coefficient (Wildman–Crippen LogP) is 2.13. The fourth-order valence-corrected chi connectivity index (χ4v) is 1.71. The number of unbranched alkanes of at least 4 members (excludes halogenated alkanes) is 1. The van der Waals surface area contributed by atoms with Crippen molar-refractivity contribution < 1.29 is 9.85 Å². The lowest BCUT2D eigenvalue weighted by Crippen LogP contribution is -2.36. The molecule has 0 bridgehead atoms. The summed E-state index contributed by atoms with van der Waals surface area (Å²) in [5.41, 5.74) is -0.761. The van der Waals surface area contributed by atoms with Crippen molar-refractivity contribution in [2.45, 2.75) is 39.5 Å². The van der Waals surface area contributed by atoms with Gasteiger partial charge in [0.2, 0.25) is 13.1 Å². The SMILES string of the molecule is CCCCC(CC)(C[N+](=O)[O-])C[N+](=O)[O-]. The summed E-state index contributed by atoms with van der Waals surface area (Å²) in [4.78, 5) is 20.1. The van der Waals surface area contributed by atoms with Crippen LogP contribution in [0, 0.1) is 25.6 Å². The molecule has 0 aromatic carbocycles. The Kier molecular flexibility index (Phi) is 5.81. The van der Waals surface area contributed by atoms with Crippen molar-refractivity contribution in [3.63, 3.8) is 0 Å². The molecule has 0 unspecified atom stereocenters. The minimum atomic E-state index is -0.761. The Labute approximate surface area is 89.0 Å². The van der Waals surface area contributed by atoms with Crippen LogP contribution in [0.1, 0.15) is 39.5 Å². The molecule has 6 nitrogen and oxygen atoms in total. The van der Waals surface area contributed by atoms with Gasteiger partial charge in [0, 0.05) is 9.85 Å². The second-order valence-electron chi connectivity index (χ2n) is 3.94. The highest BCUT2D eigenvalue weighted by atomic mass is 16.6. The van der Waals surface area contributed by atoms with Gasteiger partial charge in [-0.2, -0.15) is 0 Å². The lowest BCUT2D eigenvalue weighted by molar-refractivity contribution is -0.540. The smallest absolute Gasteiger partial charge is 0.215 e. The third-order valence-corrected chi connectivity index (χ3v) is 2.74. The first-order valence-corrected chi connectivity index (χ1v) is 5.19. The summed E-state index contributed by atoms with van der Waals surface area (Å²) in [6.45, 7) is 3.15. The van der Waals surface area contributed by atoms with Crippen LogP contribution in [0.4, 0.5) is 0 Å². The van der Waals surface area contributed by atoms with E-state index in [0.29, 0.717) is 12.8 Å². The monoisotopic (exact) mass is 218 g/mol. The zero-order valence-electron chi connectivity index (χ0n) is 9.27. The first-order chi connectivity index (χ1) is 6.95. The van der Waals surface area contributed by atoms with Crippen LogP contribution in [0.5, 0.6) is 0 Å². The summed E-state index contributed by atoms with van der Waals surface area (Å²) in [7, 11) is 0. The summed E-state index contributed by atoms with van der Waals surface area (Å²) < 4.78 is 0. The summed E-state index contributed by atoms with van der Waals surface area (Å²) in [6.07, 6.45) is 2.74. The highest BCUT2D eigenvalue weighted by Crippen LogP contribution is 2.29. The highest BCUT2D eigenvalue weighted by molar-refractivity contribution is 4.76. The fourth-order valence-electron chi connectivity index (χ4n) is 1.71. The second-order valence-corrected chi connectivity index (χ2v) is 3.94. The zero-order chi connectivity index (χ0) is 11.9. The quantitative estimate of drug-likeness (QED) is 0.461. The Bertz CT molecular complexity index is 214. The highest BCUT2D eigenvalue weighted by Gasteiger charge is 2.38. The predicted molar refractivity (Wildman–Crippen MR) is 56.0 cm³/mol. The third kappa shape index (κ3) is 5.29. The summed E-state index contributed by atoms with van der Waals surface area (Å²) in [5, 5.41) is 21.0. The number of rotatable bonds is 8. The van der Waals surface area contributed by atoms with Crippen LogP contribution in [-0.2, 0) is 0 Å². The van der Waals surface area contributed by atoms with Crippen LogP contribution in [0.25, 0.3) is 0 Å². The van der Waals surface area contributed by atoms with Gasteiger partial charge in [-0.1, -0.05) is 26.7 Å². The van der Waals surface area contributed by atoms with Gasteiger partial charge >= 0.3 is 0 Å².